The van der Waals surface area contributed by atoms with Gasteiger partial charge in [0.05, 0.1) is 26.9 Å². The highest BCUT2D eigenvalue weighted by Crippen LogP contribution is 2.33. The number of fused-ring (bicyclic) bond motifs is 1. The average Bonchev–Trinajstić information content (AvgIpc) is 3.48. The number of carbonyl (C=O) groups is 1. The van der Waals surface area contributed by atoms with Crippen LogP contribution in [-0.2, 0) is 10.0 Å². The molecule has 1 aliphatic carbocycles. The fourth-order valence-corrected chi connectivity index (χ4v) is 6.85. The molecule has 1 aliphatic heterocycles. The van der Waals surface area contributed by atoms with Gasteiger partial charge in [-0.05, 0) is 50.3 Å². The lowest BCUT2D eigenvalue weighted by molar-refractivity contribution is 0.0548. The van der Waals surface area contributed by atoms with E-state index in [1.807, 2.05) is 0 Å². The number of aryl methyl sites for hydroxylation is 1. The SMILES string of the molecule is Cc1cc(C(=O)NC[C@H]2CC[C@@H](Nc3nc4ccc(S(=O)(=O)N5CC(O)C5)cc4s3)C2)on1. The van der Waals surface area contributed by atoms with Gasteiger partial charge < -0.3 is 20.3 Å². The van der Waals surface area contributed by atoms with Crippen LogP contribution in [0, 0.1) is 12.8 Å². The van der Waals surface area contributed by atoms with Crippen molar-refractivity contribution in [2.24, 2.45) is 5.92 Å². The summed E-state index contributed by atoms with van der Waals surface area (Å²) in [5.41, 5.74) is 1.42. The van der Waals surface area contributed by atoms with Crippen LogP contribution < -0.4 is 10.6 Å². The number of aliphatic hydroxyl groups is 1. The molecule has 3 aromatic rings. The van der Waals surface area contributed by atoms with E-state index in [1.165, 1.54) is 15.6 Å². The number of β-amino-alcohol motifs (C(OH)–C–C–N with tert-alkyl or cyclic N) is 1. The lowest BCUT2D eigenvalue weighted by Gasteiger charge is -2.34. The van der Waals surface area contributed by atoms with E-state index in [1.54, 1.807) is 31.2 Å². The summed E-state index contributed by atoms with van der Waals surface area (Å²) in [4.78, 5) is 17.0. The normalized spacial score (nSPS) is 21.9. The van der Waals surface area contributed by atoms with E-state index in [-0.39, 0.29) is 35.7 Å². The van der Waals surface area contributed by atoms with E-state index in [0.717, 1.165) is 34.6 Å². The van der Waals surface area contributed by atoms with Crippen LogP contribution >= 0.6 is 11.3 Å². The molecule has 1 saturated heterocycles. The zero-order chi connectivity index (χ0) is 23.2. The second kappa shape index (κ2) is 8.67. The first-order chi connectivity index (χ1) is 15.8. The molecule has 2 atom stereocenters. The summed E-state index contributed by atoms with van der Waals surface area (Å²) in [5, 5.41) is 20.3. The Morgan fingerprint density at radius 3 is 2.85 bits per heavy atom. The Balaban J connectivity index is 1.18. The number of aromatic nitrogens is 2. The number of hydrogen-bond acceptors (Lipinski definition) is 9. The van der Waals surface area contributed by atoms with E-state index in [4.69, 9.17) is 4.52 Å². The lowest BCUT2D eigenvalue weighted by Crippen LogP contribution is -2.53. The number of anilines is 1. The standard InChI is InChI=1S/C21H25N5O5S2/c1-12-6-18(31-25-12)20(28)22-9-13-2-3-14(7-13)23-21-24-17-5-4-16(8-19(17)32-21)33(29,30)26-10-15(27)11-26/h4-6,8,13-15,27H,2-3,7,9-11H2,1H3,(H,22,28)(H,23,24)/t13-,14+/m0/s1. The molecule has 0 radical (unpaired) electrons. The maximum Gasteiger partial charge on any atom is 0.289 e. The summed E-state index contributed by atoms with van der Waals surface area (Å²) in [7, 11) is -3.59. The highest BCUT2D eigenvalue weighted by Gasteiger charge is 2.35. The Bertz CT molecular complexity index is 1280. The van der Waals surface area contributed by atoms with Crippen LogP contribution in [-0.4, -0.2) is 65.7 Å². The lowest BCUT2D eigenvalue weighted by atomic mass is 10.1. The highest BCUT2D eigenvalue weighted by molar-refractivity contribution is 7.89. The quantitative estimate of drug-likeness (QED) is 0.456. The zero-order valence-electron chi connectivity index (χ0n) is 18.0. The van der Waals surface area contributed by atoms with Gasteiger partial charge in [-0.3, -0.25) is 4.79 Å². The fourth-order valence-electron chi connectivity index (χ4n) is 4.25. The third-order valence-electron chi connectivity index (χ3n) is 6.10. The second-order valence-electron chi connectivity index (χ2n) is 8.69. The van der Waals surface area contributed by atoms with Crippen molar-refractivity contribution in [3.8, 4) is 0 Å². The van der Waals surface area contributed by atoms with Crippen molar-refractivity contribution in [1.29, 1.82) is 0 Å². The first-order valence-electron chi connectivity index (χ1n) is 10.8. The highest BCUT2D eigenvalue weighted by atomic mass is 32.2. The molecule has 0 unspecified atom stereocenters. The van der Waals surface area contributed by atoms with Gasteiger partial charge >= 0.3 is 0 Å². The van der Waals surface area contributed by atoms with Crippen molar-refractivity contribution in [2.75, 3.05) is 25.0 Å². The van der Waals surface area contributed by atoms with Crippen LogP contribution in [0.25, 0.3) is 10.2 Å². The number of hydrogen-bond donors (Lipinski definition) is 3. The number of nitrogens with one attached hydrogen (secondary N) is 2. The molecular weight excluding hydrogens is 466 g/mol. The van der Waals surface area contributed by atoms with Crippen molar-refractivity contribution in [2.45, 2.75) is 43.2 Å². The Morgan fingerprint density at radius 1 is 1.30 bits per heavy atom. The first-order valence-corrected chi connectivity index (χ1v) is 13.1. The van der Waals surface area contributed by atoms with Crippen LogP contribution in [0.3, 0.4) is 0 Å². The summed E-state index contributed by atoms with van der Waals surface area (Å²) in [5.74, 6) is 0.325. The average molecular weight is 492 g/mol. The van der Waals surface area contributed by atoms with Gasteiger partial charge in [0.25, 0.3) is 5.91 Å². The minimum Gasteiger partial charge on any atom is -0.390 e. The molecular formula is C21H25N5O5S2. The van der Waals surface area contributed by atoms with Gasteiger partial charge in [0.1, 0.15) is 0 Å². The van der Waals surface area contributed by atoms with Crippen molar-refractivity contribution in [3.63, 3.8) is 0 Å². The smallest absolute Gasteiger partial charge is 0.289 e. The molecule has 0 bridgehead atoms. The molecule has 1 amide bonds. The maximum absolute atomic E-state index is 12.7. The molecule has 10 nitrogen and oxygen atoms in total. The van der Waals surface area contributed by atoms with Crippen molar-refractivity contribution >= 4 is 42.6 Å². The molecule has 12 heteroatoms. The summed E-state index contributed by atoms with van der Waals surface area (Å²) in [6, 6.07) is 6.79. The Morgan fingerprint density at radius 2 is 2.12 bits per heavy atom. The molecule has 0 spiro atoms. The molecule has 1 aromatic carbocycles. The van der Waals surface area contributed by atoms with Gasteiger partial charge in [-0.25, -0.2) is 13.4 Å². The predicted molar refractivity (Wildman–Crippen MR) is 123 cm³/mol. The number of carbonyl (C=O) groups excluding carboxylic acids is 1. The Kier molecular flexibility index (Phi) is 5.85. The molecule has 5 rings (SSSR count). The first kappa shape index (κ1) is 22.3. The Hall–Kier alpha value is -2.54. The van der Waals surface area contributed by atoms with Gasteiger partial charge in [0, 0.05) is 31.7 Å². The third-order valence-corrected chi connectivity index (χ3v) is 8.88. The van der Waals surface area contributed by atoms with Crippen LogP contribution in [0.2, 0.25) is 0 Å². The summed E-state index contributed by atoms with van der Waals surface area (Å²) in [6.07, 6.45) is 2.28. The number of thiazole rings is 1. The van der Waals surface area contributed by atoms with Crippen LogP contribution in [0.5, 0.6) is 0 Å². The second-order valence-corrected chi connectivity index (χ2v) is 11.7. The van der Waals surface area contributed by atoms with Crippen molar-refractivity contribution in [1.82, 2.24) is 19.8 Å². The molecule has 33 heavy (non-hydrogen) atoms. The van der Waals surface area contributed by atoms with Crippen molar-refractivity contribution < 1.29 is 22.8 Å². The number of nitrogens with zero attached hydrogens (tertiary/aromatic N) is 3. The van der Waals surface area contributed by atoms with Gasteiger partial charge in [0.15, 0.2) is 5.13 Å². The van der Waals surface area contributed by atoms with E-state index in [9.17, 15) is 18.3 Å². The maximum atomic E-state index is 12.7. The summed E-state index contributed by atoms with van der Waals surface area (Å²) in [6.45, 7) is 2.62. The molecule has 176 valence electrons. The minimum absolute atomic E-state index is 0.136. The molecule has 3 N–H and O–H groups in total. The van der Waals surface area contributed by atoms with Gasteiger partial charge in [-0.15, -0.1) is 0 Å². The number of amides is 1. The predicted octanol–water partition coefficient (Wildman–Crippen LogP) is 1.97. The Labute approximate surface area is 195 Å². The van der Waals surface area contributed by atoms with Crippen LogP contribution in [0.4, 0.5) is 5.13 Å². The van der Waals surface area contributed by atoms with E-state index < -0.39 is 16.1 Å². The molecule has 2 fully saturated rings. The molecule has 3 heterocycles. The van der Waals surface area contributed by atoms with Crippen LogP contribution in [0.1, 0.15) is 35.5 Å². The monoisotopic (exact) mass is 491 g/mol. The van der Waals surface area contributed by atoms with Gasteiger partial charge in [0.2, 0.25) is 15.8 Å². The van der Waals surface area contributed by atoms with E-state index >= 15 is 0 Å². The largest absolute Gasteiger partial charge is 0.390 e. The zero-order valence-corrected chi connectivity index (χ0v) is 19.7. The molecule has 2 aliphatic rings. The van der Waals surface area contributed by atoms with E-state index in [0.29, 0.717) is 18.2 Å². The van der Waals surface area contributed by atoms with Crippen LogP contribution in [0.15, 0.2) is 33.7 Å². The summed E-state index contributed by atoms with van der Waals surface area (Å²) >= 11 is 1.43. The van der Waals surface area contributed by atoms with Gasteiger partial charge in [-0.2, -0.15) is 4.31 Å². The third kappa shape index (κ3) is 4.60. The number of sulfonamides is 1. The number of rotatable bonds is 7. The molecule has 1 saturated carbocycles. The van der Waals surface area contributed by atoms with Crippen molar-refractivity contribution in [3.05, 3.63) is 35.7 Å². The minimum atomic E-state index is -3.59. The number of benzene rings is 1. The van der Waals surface area contributed by atoms with Gasteiger partial charge in [-0.1, -0.05) is 16.5 Å². The fraction of sp³-hybridized carbons (Fsp3) is 0.476. The summed E-state index contributed by atoms with van der Waals surface area (Å²) < 4.78 is 32.4. The topological polar surface area (TPSA) is 138 Å². The number of aliphatic hydroxyl groups excluding tert-OH is 1. The van der Waals surface area contributed by atoms with E-state index in [2.05, 4.69) is 20.8 Å². The molecule has 2 aromatic heterocycles.